The van der Waals surface area contributed by atoms with E-state index in [4.69, 9.17) is 0 Å². The molecule has 0 heterocycles. The van der Waals surface area contributed by atoms with Crippen LogP contribution in [0.5, 0.6) is 0 Å². The van der Waals surface area contributed by atoms with Crippen LogP contribution >= 0.6 is 0 Å². The molecule has 0 aromatic carbocycles. The molecule has 0 aliphatic rings. The number of hydrogen-bond donors (Lipinski definition) is 2. The summed E-state index contributed by atoms with van der Waals surface area (Å²) in [5, 5.41) is 18.8. The highest BCUT2D eigenvalue weighted by molar-refractivity contribution is 5.12. The number of allylic oxidation sites excluding steroid dienone is 4. The van der Waals surface area contributed by atoms with Gasteiger partial charge in [0, 0.05) is 0 Å². The smallest absolute Gasteiger partial charge is 0.0723 e. The molecular weight excluding hydrogens is 200 g/mol. The highest BCUT2D eigenvalue weighted by atomic mass is 16.3. The highest BCUT2D eigenvalue weighted by Gasteiger charge is 1.94. The Bertz CT molecular complexity index is 205. The third-order valence-electron chi connectivity index (χ3n) is 2.17. The van der Waals surface area contributed by atoms with E-state index in [0.29, 0.717) is 0 Å². The molecule has 0 aromatic rings. The van der Waals surface area contributed by atoms with Gasteiger partial charge in [0.05, 0.1) is 12.2 Å². The third kappa shape index (κ3) is 9.69. The van der Waals surface area contributed by atoms with Gasteiger partial charge in [-0.1, -0.05) is 63.1 Å². The summed E-state index contributed by atoms with van der Waals surface area (Å²) in [6.45, 7) is 4.09. The fourth-order valence-corrected chi connectivity index (χ4v) is 1.30. The van der Waals surface area contributed by atoms with Crippen molar-refractivity contribution >= 4 is 0 Å². The Balaban J connectivity index is 3.75. The van der Waals surface area contributed by atoms with E-state index in [1.807, 2.05) is 38.2 Å². The van der Waals surface area contributed by atoms with E-state index in [9.17, 15) is 10.2 Å². The Morgan fingerprint density at radius 1 is 0.750 bits per heavy atom. The molecule has 0 spiro atoms. The molecule has 0 rings (SSSR count). The molecule has 2 atom stereocenters. The summed E-state index contributed by atoms with van der Waals surface area (Å²) in [5.41, 5.74) is 0. The maximum Gasteiger partial charge on any atom is 0.0723 e. The maximum absolute atomic E-state index is 9.39. The van der Waals surface area contributed by atoms with E-state index in [0.717, 1.165) is 25.7 Å². The summed E-state index contributed by atoms with van der Waals surface area (Å²) < 4.78 is 0. The van der Waals surface area contributed by atoms with E-state index in [2.05, 4.69) is 0 Å². The minimum Gasteiger partial charge on any atom is -0.389 e. The fraction of sp³-hybridized carbons (Fsp3) is 0.571. The zero-order valence-electron chi connectivity index (χ0n) is 10.3. The molecule has 0 radical (unpaired) electrons. The highest BCUT2D eigenvalue weighted by Crippen LogP contribution is 1.99. The van der Waals surface area contributed by atoms with Crippen LogP contribution in [0.3, 0.4) is 0 Å². The van der Waals surface area contributed by atoms with Gasteiger partial charge in [-0.3, -0.25) is 0 Å². The lowest BCUT2D eigenvalue weighted by atomic mass is 10.2. The number of aliphatic hydroxyl groups excluding tert-OH is 2. The predicted molar refractivity (Wildman–Crippen MR) is 69.2 cm³/mol. The Morgan fingerprint density at radius 2 is 1.12 bits per heavy atom. The predicted octanol–water partition coefficient (Wildman–Crippen LogP) is 2.98. The van der Waals surface area contributed by atoms with Crippen molar-refractivity contribution < 1.29 is 10.2 Å². The van der Waals surface area contributed by atoms with E-state index >= 15 is 0 Å². The molecule has 0 aromatic heterocycles. The van der Waals surface area contributed by atoms with Crippen LogP contribution in [0.25, 0.3) is 0 Å². The molecule has 0 aliphatic heterocycles. The monoisotopic (exact) mass is 224 g/mol. The van der Waals surface area contributed by atoms with E-state index < -0.39 is 0 Å². The van der Waals surface area contributed by atoms with Crippen LogP contribution in [-0.4, -0.2) is 22.4 Å². The second kappa shape index (κ2) is 10.7. The summed E-state index contributed by atoms with van der Waals surface area (Å²) in [6.07, 6.45) is 13.8. The lowest BCUT2D eigenvalue weighted by Gasteiger charge is -2.00. The zero-order valence-corrected chi connectivity index (χ0v) is 10.3. The standard InChI is InChI=1S/C14H24O2/c1-3-9-13(15)11-7-5-6-8-12-14(16)10-4-2/h5-8,11-16H,3-4,9-10H2,1-2H3/b6-5+,11-7-,12-8+/t13-,14+/m0/s1. The fourth-order valence-electron chi connectivity index (χ4n) is 1.30. The van der Waals surface area contributed by atoms with Crippen LogP contribution in [0.15, 0.2) is 36.5 Å². The van der Waals surface area contributed by atoms with Gasteiger partial charge in [-0.25, -0.2) is 0 Å². The van der Waals surface area contributed by atoms with Gasteiger partial charge in [0.25, 0.3) is 0 Å². The topological polar surface area (TPSA) is 40.5 Å². The van der Waals surface area contributed by atoms with E-state index in [-0.39, 0.29) is 12.2 Å². The van der Waals surface area contributed by atoms with Gasteiger partial charge in [-0.15, -0.1) is 0 Å². The van der Waals surface area contributed by atoms with Crippen LogP contribution in [0.4, 0.5) is 0 Å². The molecule has 16 heavy (non-hydrogen) atoms. The average Bonchev–Trinajstić information content (AvgIpc) is 2.24. The van der Waals surface area contributed by atoms with Gasteiger partial charge in [-0.05, 0) is 12.8 Å². The Morgan fingerprint density at radius 3 is 1.44 bits per heavy atom. The van der Waals surface area contributed by atoms with Gasteiger partial charge in [0.1, 0.15) is 0 Å². The average molecular weight is 224 g/mol. The van der Waals surface area contributed by atoms with Crippen molar-refractivity contribution in [3.05, 3.63) is 36.5 Å². The van der Waals surface area contributed by atoms with Crippen LogP contribution < -0.4 is 0 Å². The molecule has 2 N–H and O–H groups in total. The summed E-state index contributed by atoms with van der Waals surface area (Å²) in [5.74, 6) is 0. The van der Waals surface area contributed by atoms with E-state index in [1.54, 1.807) is 12.2 Å². The Labute approximate surface area is 99.0 Å². The molecule has 92 valence electrons. The van der Waals surface area contributed by atoms with Gasteiger partial charge in [0.2, 0.25) is 0 Å². The van der Waals surface area contributed by atoms with Crippen molar-refractivity contribution in [2.75, 3.05) is 0 Å². The minimum atomic E-state index is -0.343. The summed E-state index contributed by atoms with van der Waals surface area (Å²) >= 11 is 0. The quantitative estimate of drug-likeness (QED) is 0.622. The van der Waals surface area contributed by atoms with Gasteiger partial charge < -0.3 is 10.2 Å². The van der Waals surface area contributed by atoms with E-state index in [1.165, 1.54) is 0 Å². The molecule has 0 aliphatic carbocycles. The zero-order chi connectivity index (χ0) is 12.2. The second-order valence-electron chi connectivity index (χ2n) is 3.87. The van der Waals surface area contributed by atoms with Crippen molar-refractivity contribution in [3.63, 3.8) is 0 Å². The number of aliphatic hydroxyl groups is 2. The maximum atomic E-state index is 9.39. The van der Waals surface area contributed by atoms with Crippen LogP contribution in [-0.2, 0) is 0 Å². The van der Waals surface area contributed by atoms with Crippen molar-refractivity contribution in [1.82, 2.24) is 0 Å². The lowest BCUT2D eigenvalue weighted by Crippen LogP contribution is -1.99. The summed E-state index contributed by atoms with van der Waals surface area (Å²) in [7, 11) is 0. The van der Waals surface area contributed by atoms with Crippen molar-refractivity contribution in [3.8, 4) is 0 Å². The lowest BCUT2D eigenvalue weighted by molar-refractivity contribution is 0.211. The molecule has 2 nitrogen and oxygen atoms in total. The second-order valence-corrected chi connectivity index (χ2v) is 3.87. The minimum absolute atomic E-state index is 0.343. The van der Waals surface area contributed by atoms with Crippen LogP contribution in [0, 0.1) is 0 Å². The molecule has 0 bridgehead atoms. The molecule has 0 saturated carbocycles. The van der Waals surface area contributed by atoms with Crippen molar-refractivity contribution in [2.45, 2.75) is 51.7 Å². The Hall–Kier alpha value is -0.860. The van der Waals surface area contributed by atoms with Crippen molar-refractivity contribution in [1.29, 1.82) is 0 Å². The molecule has 2 heteroatoms. The number of rotatable bonds is 8. The summed E-state index contributed by atoms with van der Waals surface area (Å²) in [6, 6.07) is 0. The molecule has 0 saturated heterocycles. The first-order valence-corrected chi connectivity index (χ1v) is 6.08. The first-order chi connectivity index (χ1) is 7.70. The Kier molecular flexibility index (Phi) is 10.1. The van der Waals surface area contributed by atoms with Gasteiger partial charge in [0.15, 0.2) is 0 Å². The normalized spacial score (nSPS) is 16.5. The summed E-state index contributed by atoms with van der Waals surface area (Å²) in [4.78, 5) is 0. The molecular formula is C14H24O2. The molecule has 0 amide bonds. The third-order valence-corrected chi connectivity index (χ3v) is 2.17. The first-order valence-electron chi connectivity index (χ1n) is 6.08. The largest absolute Gasteiger partial charge is 0.389 e. The van der Waals surface area contributed by atoms with Crippen LogP contribution in [0.2, 0.25) is 0 Å². The van der Waals surface area contributed by atoms with Gasteiger partial charge in [-0.2, -0.15) is 0 Å². The van der Waals surface area contributed by atoms with Gasteiger partial charge >= 0.3 is 0 Å². The van der Waals surface area contributed by atoms with Crippen molar-refractivity contribution in [2.24, 2.45) is 0 Å². The number of hydrogen-bond acceptors (Lipinski definition) is 2. The first kappa shape index (κ1) is 15.1. The van der Waals surface area contributed by atoms with Crippen LogP contribution in [0.1, 0.15) is 39.5 Å². The molecule has 0 unspecified atom stereocenters. The molecule has 0 fully saturated rings. The SMILES string of the molecule is CCC[C@H](O)\C=C/C=C/C=C/[C@H](O)CCC.